The lowest BCUT2D eigenvalue weighted by Gasteiger charge is -2.28. The number of hydrogen-bond acceptors (Lipinski definition) is 8. The monoisotopic (exact) mass is 544 g/mol. The number of aliphatic hydroxyl groups excluding tert-OH is 1. The van der Waals surface area contributed by atoms with Crippen molar-refractivity contribution in [2.45, 2.75) is 78.5 Å². The highest BCUT2D eigenvalue weighted by Crippen LogP contribution is 2.26. The highest BCUT2D eigenvalue weighted by Gasteiger charge is 2.30. The molecular formula is C28H40N4O7. The molecule has 0 radical (unpaired) electrons. The molecule has 1 aromatic heterocycles. The summed E-state index contributed by atoms with van der Waals surface area (Å²) in [7, 11) is 0. The Hall–Kier alpha value is -3.28. The Kier molecular flexibility index (Phi) is 10.2. The topological polar surface area (TPSA) is 132 Å². The van der Waals surface area contributed by atoms with Gasteiger partial charge >= 0.3 is 11.8 Å². The Balaban J connectivity index is 1.53. The van der Waals surface area contributed by atoms with Gasteiger partial charge < -0.3 is 29.5 Å². The van der Waals surface area contributed by atoms with Gasteiger partial charge in [-0.25, -0.2) is 9.59 Å². The minimum absolute atomic E-state index is 0.113. The molecule has 1 fully saturated rings. The summed E-state index contributed by atoms with van der Waals surface area (Å²) in [4.78, 5) is 43.9. The van der Waals surface area contributed by atoms with E-state index in [9.17, 15) is 14.4 Å². The molecule has 3 rings (SSSR count). The van der Waals surface area contributed by atoms with E-state index >= 15 is 0 Å². The quantitative estimate of drug-likeness (QED) is 0.410. The number of carbonyl (C=O) groups excluding carboxylic acids is 2. The van der Waals surface area contributed by atoms with Gasteiger partial charge in [-0.15, -0.1) is 0 Å². The third kappa shape index (κ3) is 9.15. The number of ether oxygens (including phenoxy) is 3. The second-order valence-corrected chi connectivity index (χ2v) is 11.2. The predicted octanol–water partition coefficient (Wildman–Crippen LogP) is 3.68. The summed E-state index contributed by atoms with van der Waals surface area (Å²) in [5.41, 5.74) is -0.916. The molecule has 0 saturated carbocycles. The van der Waals surface area contributed by atoms with Gasteiger partial charge in [-0.3, -0.25) is 9.36 Å². The summed E-state index contributed by atoms with van der Waals surface area (Å²) >= 11 is 0. The van der Waals surface area contributed by atoms with E-state index in [-0.39, 0.29) is 31.0 Å². The van der Waals surface area contributed by atoms with Gasteiger partial charge in [-0.1, -0.05) is 50.6 Å². The van der Waals surface area contributed by atoms with Crippen LogP contribution in [0, 0.1) is 5.41 Å². The van der Waals surface area contributed by atoms with Crippen LogP contribution in [0.5, 0.6) is 0 Å². The van der Waals surface area contributed by atoms with E-state index in [4.69, 9.17) is 19.3 Å². The van der Waals surface area contributed by atoms with Crippen molar-refractivity contribution in [1.82, 2.24) is 14.5 Å². The number of anilines is 1. The molecule has 2 unspecified atom stereocenters. The van der Waals surface area contributed by atoms with Crippen LogP contribution in [0.15, 0.2) is 47.4 Å². The van der Waals surface area contributed by atoms with Crippen LogP contribution in [0.3, 0.4) is 0 Å². The van der Waals surface area contributed by atoms with Crippen LogP contribution in [0.25, 0.3) is 0 Å². The Bertz CT molecular complexity index is 1160. The Morgan fingerprint density at radius 2 is 1.87 bits per heavy atom. The molecule has 1 saturated heterocycles. The number of aromatic nitrogens is 2. The average Bonchev–Trinajstić information content (AvgIpc) is 3.34. The fraction of sp³-hybridized carbons (Fsp3) is 0.571. The standard InChI is InChI=1S/C28H40N4O7/c1-27(2,3)39-26(36)31(17-20-11-7-6-8-12-20)15-10-9-14-28(4,5)24(34)29-21-13-16-32(25(35)30-21)22-19-37-23(18-33)38-22/h6-8,11-13,16,22-23,33H,9-10,14-15,17-19H2,1-5H3,(H,29,30,34,35). The number of hydrogen-bond donors (Lipinski definition) is 2. The third-order valence-electron chi connectivity index (χ3n) is 6.23. The molecule has 2 amide bonds. The number of unbranched alkanes of at least 4 members (excludes halogenated alkanes) is 1. The summed E-state index contributed by atoms with van der Waals surface area (Å²) < 4.78 is 17.5. The van der Waals surface area contributed by atoms with E-state index in [1.807, 2.05) is 65.0 Å². The molecule has 1 aromatic carbocycles. The second kappa shape index (κ2) is 13.2. The zero-order valence-electron chi connectivity index (χ0n) is 23.4. The van der Waals surface area contributed by atoms with Crippen LogP contribution < -0.4 is 11.0 Å². The summed E-state index contributed by atoms with van der Waals surface area (Å²) in [6.45, 7) is 9.92. The molecule has 39 heavy (non-hydrogen) atoms. The van der Waals surface area contributed by atoms with Gasteiger partial charge in [0.1, 0.15) is 11.4 Å². The number of amides is 2. The van der Waals surface area contributed by atoms with Crippen LogP contribution in [0.1, 0.15) is 65.7 Å². The molecule has 2 atom stereocenters. The van der Waals surface area contributed by atoms with E-state index in [2.05, 4.69) is 10.3 Å². The number of rotatable bonds is 11. The maximum absolute atomic E-state index is 13.0. The Labute approximate surface area is 229 Å². The largest absolute Gasteiger partial charge is 0.444 e. The number of benzene rings is 1. The van der Waals surface area contributed by atoms with Gasteiger partial charge in [0.05, 0.1) is 13.2 Å². The van der Waals surface area contributed by atoms with Crippen molar-refractivity contribution in [3.63, 3.8) is 0 Å². The van der Waals surface area contributed by atoms with E-state index < -0.39 is 29.2 Å². The molecule has 0 aliphatic carbocycles. The lowest BCUT2D eigenvalue weighted by atomic mass is 9.86. The molecule has 2 heterocycles. The molecule has 1 aliphatic heterocycles. The zero-order valence-corrected chi connectivity index (χ0v) is 23.4. The Morgan fingerprint density at radius 3 is 2.49 bits per heavy atom. The molecular weight excluding hydrogens is 504 g/mol. The van der Waals surface area contributed by atoms with Crippen LogP contribution in [-0.2, 0) is 25.5 Å². The molecule has 11 heteroatoms. The fourth-order valence-corrected chi connectivity index (χ4v) is 4.02. The van der Waals surface area contributed by atoms with Gasteiger partial charge in [0.15, 0.2) is 12.5 Å². The number of nitrogens with one attached hydrogen (secondary N) is 1. The van der Waals surface area contributed by atoms with Gasteiger partial charge in [0.2, 0.25) is 5.91 Å². The average molecular weight is 545 g/mol. The first-order valence-corrected chi connectivity index (χ1v) is 13.2. The van der Waals surface area contributed by atoms with Crippen molar-refractivity contribution >= 4 is 17.8 Å². The van der Waals surface area contributed by atoms with E-state index in [0.29, 0.717) is 32.4 Å². The highest BCUT2D eigenvalue weighted by molar-refractivity contribution is 5.93. The van der Waals surface area contributed by atoms with Crippen molar-refractivity contribution in [2.75, 3.05) is 25.1 Å². The maximum atomic E-state index is 13.0. The van der Waals surface area contributed by atoms with Crippen LogP contribution in [0.4, 0.5) is 10.6 Å². The van der Waals surface area contributed by atoms with Gasteiger partial charge in [-0.05, 0) is 45.2 Å². The predicted molar refractivity (Wildman–Crippen MR) is 145 cm³/mol. The first-order valence-electron chi connectivity index (χ1n) is 13.2. The smallest absolute Gasteiger partial charge is 0.410 e. The highest BCUT2D eigenvalue weighted by atomic mass is 16.7. The molecule has 2 N–H and O–H groups in total. The van der Waals surface area contributed by atoms with Crippen molar-refractivity contribution in [1.29, 1.82) is 0 Å². The minimum atomic E-state index is -0.781. The summed E-state index contributed by atoms with van der Waals surface area (Å²) in [5, 5.41) is 11.9. The number of aliphatic hydroxyl groups is 1. The van der Waals surface area contributed by atoms with Crippen molar-refractivity contribution in [3.8, 4) is 0 Å². The molecule has 0 bridgehead atoms. The van der Waals surface area contributed by atoms with Crippen LogP contribution >= 0.6 is 0 Å². The third-order valence-corrected chi connectivity index (χ3v) is 6.23. The van der Waals surface area contributed by atoms with Crippen LogP contribution in [-0.4, -0.2) is 63.2 Å². The van der Waals surface area contributed by atoms with Crippen molar-refractivity contribution in [2.24, 2.45) is 5.41 Å². The molecule has 11 nitrogen and oxygen atoms in total. The minimum Gasteiger partial charge on any atom is -0.444 e. The van der Waals surface area contributed by atoms with E-state index in [1.54, 1.807) is 4.90 Å². The lowest BCUT2D eigenvalue weighted by molar-refractivity contribution is -0.124. The molecule has 1 aliphatic rings. The molecule has 2 aromatic rings. The SMILES string of the molecule is CC(C)(C)OC(=O)N(CCCCC(C)(C)C(=O)Nc1ccn(C2COC(CO)O2)c(=O)n1)Cc1ccccc1. The second-order valence-electron chi connectivity index (χ2n) is 11.2. The first kappa shape index (κ1) is 30.3. The number of nitrogens with zero attached hydrogens (tertiary/aromatic N) is 3. The summed E-state index contributed by atoms with van der Waals surface area (Å²) in [5.74, 6) is -0.118. The normalized spacial score (nSPS) is 17.6. The summed E-state index contributed by atoms with van der Waals surface area (Å²) in [6, 6.07) is 11.3. The van der Waals surface area contributed by atoms with Crippen molar-refractivity contribution < 1.29 is 28.9 Å². The van der Waals surface area contributed by atoms with Gasteiger partial charge in [-0.2, -0.15) is 4.98 Å². The fourth-order valence-electron chi connectivity index (χ4n) is 4.02. The zero-order chi connectivity index (χ0) is 28.6. The molecule has 0 spiro atoms. The summed E-state index contributed by atoms with van der Waals surface area (Å²) in [6.07, 6.45) is 1.60. The van der Waals surface area contributed by atoms with Gasteiger partial charge in [0, 0.05) is 24.7 Å². The molecule has 214 valence electrons. The van der Waals surface area contributed by atoms with Crippen molar-refractivity contribution in [3.05, 3.63) is 58.6 Å². The first-order chi connectivity index (χ1) is 18.4. The lowest BCUT2D eigenvalue weighted by Crippen LogP contribution is -2.37. The maximum Gasteiger partial charge on any atom is 0.410 e. The van der Waals surface area contributed by atoms with Gasteiger partial charge in [0.25, 0.3) is 0 Å². The van der Waals surface area contributed by atoms with Crippen LogP contribution in [0.2, 0.25) is 0 Å². The number of carbonyl (C=O) groups is 2. The van der Waals surface area contributed by atoms with E-state index in [0.717, 1.165) is 5.56 Å². The Morgan fingerprint density at radius 1 is 1.15 bits per heavy atom. The van der Waals surface area contributed by atoms with E-state index in [1.165, 1.54) is 16.8 Å².